The summed E-state index contributed by atoms with van der Waals surface area (Å²) in [4.78, 5) is 14.5. The second-order valence-corrected chi connectivity index (χ2v) is 6.30. The number of hydrogen-bond donors (Lipinski definition) is 1. The highest BCUT2D eigenvalue weighted by atomic mass is 16.5. The first-order chi connectivity index (χ1) is 14.0. The van der Waals surface area contributed by atoms with E-state index in [2.05, 4.69) is 11.9 Å². The molecule has 0 heterocycles. The number of amides is 1. The summed E-state index contributed by atoms with van der Waals surface area (Å²) >= 11 is 0. The van der Waals surface area contributed by atoms with Crippen molar-refractivity contribution in [3.8, 4) is 17.6 Å². The van der Waals surface area contributed by atoms with E-state index in [9.17, 15) is 10.1 Å². The van der Waals surface area contributed by atoms with Crippen LogP contribution in [0.15, 0.2) is 60.7 Å². The lowest BCUT2D eigenvalue weighted by Gasteiger charge is -2.13. The SMILES string of the molecule is C=CCOc1ccc(/C=C(/C#N)C(=O)Nc2ccc(N(C)C)cc2)cc1OCC. The maximum Gasteiger partial charge on any atom is 0.266 e. The third-order valence-corrected chi connectivity index (χ3v) is 3.94. The van der Waals surface area contributed by atoms with Gasteiger partial charge in [-0.1, -0.05) is 18.7 Å². The first-order valence-electron chi connectivity index (χ1n) is 9.19. The molecule has 2 aromatic rings. The Labute approximate surface area is 171 Å². The highest BCUT2D eigenvalue weighted by Gasteiger charge is 2.11. The molecule has 1 N–H and O–H groups in total. The monoisotopic (exact) mass is 391 g/mol. The molecule has 0 saturated carbocycles. The molecule has 0 bridgehead atoms. The van der Waals surface area contributed by atoms with Gasteiger partial charge in [0.1, 0.15) is 18.2 Å². The fourth-order valence-electron chi connectivity index (χ4n) is 2.51. The van der Waals surface area contributed by atoms with Crippen molar-refractivity contribution in [3.63, 3.8) is 0 Å². The number of ether oxygens (including phenoxy) is 2. The Hall–Kier alpha value is -3.72. The van der Waals surface area contributed by atoms with Crippen molar-refractivity contribution in [2.24, 2.45) is 0 Å². The van der Waals surface area contributed by atoms with Crippen molar-refractivity contribution in [1.82, 2.24) is 0 Å². The van der Waals surface area contributed by atoms with E-state index < -0.39 is 5.91 Å². The second kappa shape index (κ2) is 10.6. The van der Waals surface area contributed by atoms with Gasteiger partial charge in [0.05, 0.1) is 6.61 Å². The molecule has 6 heteroatoms. The van der Waals surface area contributed by atoms with E-state index in [-0.39, 0.29) is 5.57 Å². The fraction of sp³-hybridized carbons (Fsp3) is 0.217. The van der Waals surface area contributed by atoms with Gasteiger partial charge in [0.2, 0.25) is 0 Å². The Morgan fingerprint density at radius 2 is 1.90 bits per heavy atom. The van der Waals surface area contributed by atoms with E-state index in [0.29, 0.717) is 36.0 Å². The molecule has 0 radical (unpaired) electrons. The summed E-state index contributed by atoms with van der Waals surface area (Å²) in [5, 5.41) is 12.2. The smallest absolute Gasteiger partial charge is 0.266 e. The molecule has 2 aromatic carbocycles. The van der Waals surface area contributed by atoms with E-state index in [1.807, 2.05) is 44.1 Å². The van der Waals surface area contributed by atoms with Crippen LogP contribution in [0.25, 0.3) is 6.08 Å². The van der Waals surface area contributed by atoms with Crippen molar-refractivity contribution in [2.75, 3.05) is 37.5 Å². The molecule has 1 amide bonds. The lowest BCUT2D eigenvalue weighted by atomic mass is 10.1. The molecule has 6 nitrogen and oxygen atoms in total. The fourth-order valence-corrected chi connectivity index (χ4v) is 2.51. The van der Waals surface area contributed by atoms with Crippen molar-refractivity contribution >= 4 is 23.4 Å². The predicted molar refractivity (Wildman–Crippen MR) is 116 cm³/mol. The Morgan fingerprint density at radius 3 is 2.48 bits per heavy atom. The first-order valence-corrected chi connectivity index (χ1v) is 9.19. The van der Waals surface area contributed by atoms with Crippen LogP contribution < -0.4 is 19.7 Å². The highest BCUT2D eigenvalue weighted by molar-refractivity contribution is 6.09. The summed E-state index contributed by atoms with van der Waals surface area (Å²) in [5.41, 5.74) is 2.28. The lowest BCUT2D eigenvalue weighted by molar-refractivity contribution is -0.112. The number of nitrogens with zero attached hydrogens (tertiary/aromatic N) is 2. The van der Waals surface area contributed by atoms with E-state index in [4.69, 9.17) is 9.47 Å². The number of nitrogens with one attached hydrogen (secondary N) is 1. The minimum Gasteiger partial charge on any atom is -0.490 e. The third kappa shape index (κ3) is 6.15. The number of carbonyl (C=O) groups is 1. The quantitative estimate of drug-likeness (QED) is 0.393. The van der Waals surface area contributed by atoms with Crippen LogP contribution in [0.4, 0.5) is 11.4 Å². The maximum absolute atomic E-state index is 12.5. The predicted octanol–water partition coefficient (Wildman–Crippen LogP) is 4.26. The zero-order valence-corrected chi connectivity index (χ0v) is 16.9. The van der Waals surface area contributed by atoms with E-state index in [1.165, 1.54) is 6.08 Å². The average Bonchev–Trinajstić information content (AvgIpc) is 2.72. The van der Waals surface area contributed by atoms with Gasteiger partial charge in [0.25, 0.3) is 5.91 Å². The molecule has 0 aliphatic rings. The Kier molecular flexibility index (Phi) is 7.87. The average molecular weight is 391 g/mol. The molecular weight excluding hydrogens is 366 g/mol. The number of nitriles is 1. The van der Waals surface area contributed by atoms with E-state index >= 15 is 0 Å². The van der Waals surface area contributed by atoms with Crippen molar-refractivity contribution < 1.29 is 14.3 Å². The topological polar surface area (TPSA) is 74.6 Å². The molecule has 0 spiro atoms. The van der Waals surface area contributed by atoms with Crippen LogP contribution in [0.5, 0.6) is 11.5 Å². The molecular formula is C23H25N3O3. The van der Waals surface area contributed by atoms with Gasteiger partial charge in [0, 0.05) is 25.5 Å². The molecule has 0 atom stereocenters. The van der Waals surface area contributed by atoms with Crippen molar-refractivity contribution in [1.29, 1.82) is 5.26 Å². The summed E-state index contributed by atoms with van der Waals surface area (Å²) in [6.45, 7) is 6.32. The first kappa shape index (κ1) is 21.6. The van der Waals surface area contributed by atoms with Gasteiger partial charge in [0.15, 0.2) is 11.5 Å². The molecule has 150 valence electrons. The highest BCUT2D eigenvalue weighted by Crippen LogP contribution is 2.29. The Balaban J connectivity index is 2.21. The van der Waals surface area contributed by atoms with Crippen LogP contribution in [-0.2, 0) is 4.79 Å². The Morgan fingerprint density at radius 1 is 1.17 bits per heavy atom. The number of carbonyl (C=O) groups excluding carboxylic acids is 1. The number of benzene rings is 2. The van der Waals surface area contributed by atoms with Crippen molar-refractivity contribution in [3.05, 3.63) is 66.3 Å². The minimum absolute atomic E-state index is 0.0103. The summed E-state index contributed by atoms with van der Waals surface area (Å²) in [5.74, 6) is 0.642. The van der Waals surface area contributed by atoms with Gasteiger partial charge >= 0.3 is 0 Å². The zero-order valence-electron chi connectivity index (χ0n) is 16.9. The molecule has 0 aliphatic heterocycles. The number of rotatable bonds is 9. The molecule has 0 aromatic heterocycles. The summed E-state index contributed by atoms with van der Waals surface area (Å²) in [6, 6.07) is 14.6. The maximum atomic E-state index is 12.5. The molecule has 0 unspecified atom stereocenters. The van der Waals surface area contributed by atoms with Crippen LogP contribution in [0.2, 0.25) is 0 Å². The number of anilines is 2. The van der Waals surface area contributed by atoms with Gasteiger partial charge in [-0.2, -0.15) is 5.26 Å². The van der Waals surface area contributed by atoms with Crippen LogP contribution in [0, 0.1) is 11.3 Å². The minimum atomic E-state index is -0.477. The van der Waals surface area contributed by atoms with Crippen LogP contribution in [-0.4, -0.2) is 33.2 Å². The molecule has 29 heavy (non-hydrogen) atoms. The number of hydrogen-bond acceptors (Lipinski definition) is 5. The molecule has 0 saturated heterocycles. The normalized spacial score (nSPS) is 10.6. The van der Waals surface area contributed by atoms with Gasteiger partial charge in [-0.25, -0.2) is 0 Å². The van der Waals surface area contributed by atoms with Crippen LogP contribution >= 0.6 is 0 Å². The standard InChI is InChI=1S/C23H25N3O3/c1-5-13-29-21-12-7-17(15-22(21)28-6-2)14-18(16-24)23(27)25-19-8-10-20(11-9-19)26(3)4/h5,7-12,14-15H,1,6,13H2,2-4H3,(H,25,27)/b18-14-. The van der Waals surface area contributed by atoms with Crippen molar-refractivity contribution in [2.45, 2.75) is 6.92 Å². The van der Waals surface area contributed by atoms with Crippen LogP contribution in [0.3, 0.4) is 0 Å². The summed E-state index contributed by atoms with van der Waals surface area (Å²) in [6.07, 6.45) is 3.16. The Bertz CT molecular complexity index is 925. The lowest BCUT2D eigenvalue weighted by Crippen LogP contribution is -2.14. The summed E-state index contributed by atoms with van der Waals surface area (Å²) < 4.78 is 11.2. The van der Waals surface area contributed by atoms with Gasteiger partial charge in [-0.05, 0) is 55.0 Å². The largest absolute Gasteiger partial charge is 0.490 e. The van der Waals surface area contributed by atoms with Crippen LogP contribution in [0.1, 0.15) is 12.5 Å². The molecule has 0 aliphatic carbocycles. The third-order valence-electron chi connectivity index (χ3n) is 3.94. The zero-order chi connectivity index (χ0) is 21.2. The summed E-state index contributed by atoms with van der Waals surface area (Å²) in [7, 11) is 3.88. The van der Waals surface area contributed by atoms with E-state index in [1.54, 1.807) is 36.4 Å². The van der Waals surface area contributed by atoms with Gasteiger partial charge in [-0.15, -0.1) is 0 Å². The van der Waals surface area contributed by atoms with E-state index in [0.717, 1.165) is 5.69 Å². The molecule has 2 rings (SSSR count). The molecule has 0 fully saturated rings. The second-order valence-electron chi connectivity index (χ2n) is 6.30. The van der Waals surface area contributed by atoms with Gasteiger partial charge < -0.3 is 19.7 Å². The van der Waals surface area contributed by atoms with Gasteiger partial charge in [-0.3, -0.25) is 4.79 Å².